The first kappa shape index (κ1) is 7.94. The SMILES string of the molecule is CNN=C(C)C(C)=NO. The molecule has 0 unspecified atom stereocenters. The van der Waals surface area contributed by atoms with Gasteiger partial charge in [-0.1, -0.05) is 5.16 Å². The molecule has 2 N–H and O–H groups in total. The van der Waals surface area contributed by atoms with Crippen LogP contribution in [0.25, 0.3) is 0 Å². The first-order chi connectivity index (χ1) is 4.22. The summed E-state index contributed by atoms with van der Waals surface area (Å²) in [6, 6.07) is 0. The summed E-state index contributed by atoms with van der Waals surface area (Å²) < 4.78 is 0. The summed E-state index contributed by atoms with van der Waals surface area (Å²) in [6.07, 6.45) is 0. The Morgan fingerprint density at radius 2 is 1.89 bits per heavy atom. The van der Waals surface area contributed by atoms with Gasteiger partial charge in [-0.3, -0.25) is 0 Å². The molecule has 0 saturated carbocycles. The molecule has 0 aliphatic carbocycles. The van der Waals surface area contributed by atoms with E-state index in [-0.39, 0.29) is 0 Å². The van der Waals surface area contributed by atoms with Gasteiger partial charge in [0.25, 0.3) is 0 Å². The van der Waals surface area contributed by atoms with Crippen LogP contribution in [0.15, 0.2) is 10.3 Å². The fraction of sp³-hybridized carbons (Fsp3) is 0.600. The van der Waals surface area contributed by atoms with Crippen LogP contribution in [0.4, 0.5) is 0 Å². The molecule has 52 valence electrons. The molecule has 0 heterocycles. The van der Waals surface area contributed by atoms with Crippen molar-refractivity contribution in [2.45, 2.75) is 13.8 Å². The average molecular weight is 129 g/mol. The lowest BCUT2D eigenvalue weighted by Gasteiger charge is -1.94. The van der Waals surface area contributed by atoms with Gasteiger partial charge in [0.15, 0.2) is 0 Å². The van der Waals surface area contributed by atoms with Crippen molar-refractivity contribution >= 4 is 11.4 Å². The van der Waals surface area contributed by atoms with Crippen LogP contribution in [0.3, 0.4) is 0 Å². The maximum Gasteiger partial charge on any atom is 0.0993 e. The van der Waals surface area contributed by atoms with E-state index >= 15 is 0 Å². The molecule has 4 heteroatoms. The Morgan fingerprint density at radius 1 is 1.33 bits per heavy atom. The molecule has 0 aliphatic rings. The van der Waals surface area contributed by atoms with Crippen LogP contribution < -0.4 is 5.43 Å². The average Bonchev–Trinajstić information content (AvgIpc) is 1.87. The fourth-order valence-corrected chi connectivity index (χ4v) is 0.321. The van der Waals surface area contributed by atoms with Crippen molar-refractivity contribution in [1.82, 2.24) is 5.43 Å². The van der Waals surface area contributed by atoms with E-state index in [4.69, 9.17) is 5.21 Å². The van der Waals surface area contributed by atoms with Gasteiger partial charge in [0.1, 0.15) is 0 Å². The summed E-state index contributed by atoms with van der Waals surface area (Å²) in [4.78, 5) is 0. The summed E-state index contributed by atoms with van der Waals surface area (Å²) >= 11 is 0. The van der Waals surface area contributed by atoms with Gasteiger partial charge in [-0.25, -0.2) is 0 Å². The smallest absolute Gasteiger partial charge is 0.0993 e. The number of rotatable bonds is 2. The van der Waals surface area contributed by atoms with Crippen molar-refractivity contribution in [2.24, 2.45) is 10.3 Å². The molecule has 0 rings (SSSR count). The van der Waals surface area contributed by atoms with Gasteiger partial charge in [0.2, 0.25) is 0 Å². The second-order valence-corrected chi connectivity index (χ2v) is 1.61. The monoisotopic (exact) mass is 129 g/mol. The highest BCUT2D eigenvalue weighted by atomic mass is 16.4. The first-order valence-corrected chi connectivity index (χ1v) is 2.62. The Morgan fingerprint density at radius 3 is 2.22 bits per heavy atom. The van der Waals surface area contributed by atoms with Crippen LogP contribution >= 0.6 is 0 Å². The highest BCUT2D eigenvalue weighted by Crippen LogP contribution is 1.79. The number of nitrogens with one attached hydrogen (secondary N) is 1. The van der Waals surface area contributed by atoms with Crippen molar-refractivity contribution in [3.63, 3.8) is 0 Å². The van der Waals surface area contributed by atoms with Crippen LogP contribution in [-0.4, -0.2) is 23.7 Å². The third-order valence-electron chi connectivity index (χ3n) is 0.953. The Kier molecular flexibility index (Phi) is 3.43. The zero-order chi connectivity index (χ0) is 7.28. The number of nitrogens with zero attached hydrogens (tertiary/aromatic N) is 2. The molecular formula is C5H11N3O. The molecule has 0 aromatic rings. The van der Waals surface area contributed by atoms with Crippen molar-refractivity contribution < 1.29 is 5.21 Å². The zero-order valence-electron chi connectivity index (χ0n) is 5.84. The molecule has 0 bridgehead atoms. The molecule has 0 radical (unpaired) electrons. The van der Waals surface area contributed by atoms with E-state index in [1.165, 1.54) is 0 Å². The Labute approximate surface area is 54.3 Å². The number of hydrazone groups is 1. The fourth-order valence-electron chi connectivity index (χ4n) is 0.321. The van der Waals surface area contributed by atoms with E-state index in [0.717, 1.165) is 0 Å². The van der Waals surface area contributed by atoms with Crippen LogP contribution in [0.1, 0.15) is 13.8 Å². The first-order valence-electron chi connectivity index (χ1n) is 2.62. The van der Waals surface area contributed by atoms with Gasteiger partial charge < -0.3 is 10.6 Å². The second kappa shape index (κ2) is 3.88. The van der Waals surface area contributed by atoms with E-state index in [2.05, 4.69) is 15.7 Å². The molecule has 0 aliphatic heterocycles. The number of hydrogen-bond acceptors (Lipinski definition) is 4. The predicted octanol–water partition coefficient (Wildman–Crippen LogP) is 0.432. The van der Waals surface area contributed by atoms with Crippen LogP contribution in [0, 0.1) is 0 Å². The van der Waals surface area contributed by atoms with E-state index in [1.54, 1.807) is 20.9 Å². The van der Waals surface area contributed by atoms with Crippen LogP contribution in [0.2, 0.25) is 0 Å². The predicted molar refractivity (Wildman–Crippen MR) is 37.1 cm³/mol. The van der Waals surface area contributed by atoms with Gasteiger partial charge in [-0.2, -0.15) is 5.10 Å². The summed E-state index contributed by atoms with van der Waals surface area (Å²) in [5.74, 6) is 0. The van der Waals surface area contributed by atoms with Crippen molar-refractivity contribution in [3.8, 4) is 0 Å². The molecule has 0 fully saturated rings. The molecule has 0 atom stereocenters. The second-order valence-electron chi connectivity index (χ2n) is 1.61. The van der Waals surface area contributed by atoms with Gasteiger partial charge in [0, 0.05) is 7.05 Å². The molecule has 0 aromatic carbocycles. The minimum Gasteiger partial charge on any atom is -0.411 e. The topological polar surface area (TPSA) is 57.0 Å². The summed E-state index contributed by atoms with van der Waals surface area (Å²) in [7, 11) is 1.69. The quantitative estimate of drug-likeness (QED) is 0.323. The van der Waals surface area contributed by atoms with E-state index in [9.17, 15) is 0 Å². The Bertz CT molecular complexity index is 139. The maximum atomic E-state index is 8.21. The van der Waals surface area contributed by atoms with Crippen molar-refractivity contribution in [2.75, 3.05) is 7.05 Å². The molecule has 4 nitrogen and oxygen atoms in total. The molecule has 9 heavy (non-hydrogen) atoms. The Hall–Kier alpha value is -1.06. The lowest BCUT2D eigenvalue weighted by atomic mass is 10.3. The summed E-state index contributed by atoms with van der Waals surface area (Å²) in [5.41, 5.74) is 3.78. The minimum absolute atomic E-state index is 0.518. The van der Waals surface area contributed by atoms with Gasteiger partial charge in [-0.15, -0.1) is 0 Å². The molecule has 0 saturated heterocycles. The van der Waals surface area contributed by atoms with E-state index < -0.39 is 0 Å². The lowest BCUT2D eigenvalue weighted by molar-refractivity contribution is 0.320. The number of oxime groups is 1. The Balaban J connectivity index is 4.03. The third-order valence-corrected chi connectivity index (χ3v) is 0.953. The molecule has 0 aromatic heterocycles. The molecular weight excluding hydrogens is 118 g/mol. The van der Waals surface area contributed by atoms with Gasteiger partial charge >= 0.3 is 0 Å². The number of hydrogen-bond donors (Lipinski definition) is 2. The van der Waals surface area contributed by atoms with E-state index in [1.807, 2.05) is 0 Å². The van der Waals surface area contributed by atoms with Gasteiger partial charge in [0.05, 0.1) is 11.4 Å². The zero-order valence-corrected chi connectivity index (χ0v) is 5.84. The minimum atomic E-state index is 0.518. The van der Waals surface area contributed by atoms with Crippen molar-refractivity contribution in [3.05, 3.63) is 0 Å². The van der Waals surface area contributed by atoms with E-state index in [0.29, 0.717) is 11.4 Å². The third kappa shape index (κ3) is 2.69. The van der Waals surface area contributed by atoms with Crippen molar-refractivity contribution in [1.29, 1.82) is 0 Å². The van der Waals surface area contributed by atoms with Crippen LogP contribution in [0.5, 0.6) is 0 Å². The normalized spacial score (nSPS) is 13.7. The molecule has 0 spiro atoms. The molecule has 0 amide bonds. The van der Waals surface area contributed by atoms with Gasteiger partial charge in [-0.05, 0) is 13.8 Å². The lowest BCUT2D eigenvalue weighted by Crippen LogP contribution is -2.10. The highest BCUT2D eigenvalue weighted by molar-refractivity contribution is 6.40. The highest BCUT2D eigenvalue weighted by Gasteiger charge is 1.93. The van der Waals surface area contributed by atoms with Crippen LogP contribution in [-0.2, 0) is 0 Å². The summed E-state index contributed by atoms with van der Waals surface area (Å²) in [5, 5.41) is 14.9. The largest absolute Gasteiger partial charge is 0.411 e. The summed E-state index contributed by atoms with van der Waals surface area (Å²) in [6.45, 7) is 3.43. The standard InChI is InChI=1S/C5H11N3O/c1-4(7-6-3)5(2)8-9/h6,9H,1-3H3. The maximum absolute atomic E-state index is 8.21.